The molecule has 1 saturated carbocycles. The van der Waals surface area contributed by atoms with Gasteiger partial charge in [0.15, 0.2) is 0 Å². The molecule has 1 atom stereocenters. The van der Waals surface area contributed by atoms with Crippen LogP contribution in [0.25, 0.3) is 5.70 Å². The normalized spacial score (nSPS) is 28.9. The molecule has 1 aromatic rings. The molecular formula is C21H28ClN3O2. The quantitative estimate of drug-likeness (QED) is 0.776. The molecule has 0 aromatic heterocycles. The van der Waals surface area contributed by atoms with E-state index in [0.29, 0.717) is 19.1 Å². The number of nitrogens with one attached hydrogen (secondary N) is 1. The topological polar surface area (TPSA) is 55.8 Å². The van der Waals surface area contributed by atoms with Gasteiger partial charge in [0.25, 0.3) is 0 Å². The Hall–Kier alpha value is -1.72. The van der Waals surface area contributed by atoms with Crippen molar-refractivity contribution >= 4 is 23.4 Å². The highest BCUT2D eigenvalue weighted by Crippen LogP contribution is 2.39. The molecular weight excluding hydrogens is 362 g/mol. The SMILES string of the molecule is CC1CCC(N2NC3CCN(C(=O)O)CCC3=C2c2ccc(Cl)cc2)CC1. The van der Waals surface area contributed by atoms with Crippen molar-refractivity contribution in [2.45, 2.75) is 57.5 Å². The summed E-state index contributed by atoms with van der Waals surface area (Å²) >= 11 is 6.12. The van der Waals surface area contributed by atoms with Crippen molar-refractivity contribution in [2.75, 3.05) is 13.1 Å². The fourth-order valence-corrected chi connectivity index (χ4v) is 4.85. The summed E-state index contributed by atoms with van der Waals surface area (Å²) in [6.45, 7) is 3.49. The molecule has 4 rings (SSSR count). The molecule has 5 nitrogen and oxygen atoms in total. The number of fused-ring (bicyclic) bond motifs is 1. The van der Waals surface area contributed by atoms with Crippen LogP contribution in [0.4, 0.5) is 4.79 Å². The molecule has 1 saturated heterocycles. The van der Waals surface area contributed by atoms with E-state index in [9.17, 15) is 9.90 Å². The minimum atomic E-state index is -0.818. The van der Waals surface area contributed by atoms with Crippen LogP contribution in [-0.4, -0.2) is 46.3 Å². The molecule has 3 aliphatic rings. The summed E-state index contributed by atoms with van der Waals surface area (Å²) in [7, 11) is 0. The molecule has 1 amide bonds. The van der Waals surface area contributed by atoms with Gasteiger partial charge in [0.1, 0.15) is 0 Å². The summed E-state index contributed by atoms with van der Waals surface area (Å²) in [5.74, 6) is 0.810. The minimum Gasteiger partial charge on any atom is -0.465 e. The second-order valence-electron chi connectivity index (χ2n) is 8.15. The molecule has 6 heteroatoms. The fraction of sp³-hybridized carbons (Fsp3) is 0.571. The molecule has 0 spiro atoms. The van der Waals surface area contributed by atoms with Crippen molar-refractivity contribution in [3.8, 4) is 0 Å². The molecule has 0 radical (unpaired) electrons. The lowest BCUT2D eigenvalue weighted by Gasteiger charge is -2.37. The van der Waals surface area contributed by atoms with E-state index >= 15 is 0 Å². The van der Waals surface area contributed by atoms with Crippen molar-refractivity contribution in [3.05, 3.63) is 40.4 Å². The number of nitrogens with zero attached hydrogens (tertiary/aromatic N) is 2. The number of amides is 1. The van der Waals surface area contributed by atoms with Crippen LogP contribution in [0.1, 0.15) is 51.0 Å². The lowest BCUT2D eigenvalue weighted by molar-refractivity contribution is 0.138. The van der Waals surface area contributed by atoms with Crippen LogP contribution >= 0.6 is 11.6 Å². The zero-order valence-corrected chi connectivity index (χ0v) is 16.6. The van der Waals surface area contributed by atoms with Gasteiger partial charge in [-0.2, -0.15) is 0 Å². The summed E-state index contributed by atoms with van der Waals surface area (Å²) in [6, 6.07) is 8.79. The largest absolute Gasteiger partial charge is 0.465 e. The summed E-state index contributed by atoms with van der Waals surface area (Å²) < 4.78 is 0. The summed E-state index contributed by atoms with van der Waals surface area (Å²) in [5.41, 5.74) is 7.52. The lowest BCUT2D eigenvalue weighted by atomic mass is 9.86. The molecule has 2 N–H and O–H groups in total. The Morgan fingerprint density at radius 2 is 1.81 bits per heavy atom. The van der Waals surface area contributed by atoms with Crippen LogP contribution in [0.3, 0.4) is 0 Å². The van der Waals surface area contributed by atoms with E-state index in [4.69, 9.17) is 11.6 Å². The maximum absolute atomic E-state index is 11.4. The highest BCUT2D eigenvalue weighted by molar-refractivity contribution is 6.30. The Bertz CT molecular complexity index is 725. The maximum atomic E-state index is 11.4. The van der Waals surface area contributed by atoms with E-state index in [2.05, 4.69) is 29.5 Å². The first-order chi connectivity index (χ1) is 13.0. The Morgan fingerprint density at radius 1 is 1.11 bits per heavy atom. The second-order valence-corrected chi connectivity index (χ2v) is 8.59. The van der Waals surface area contributed by atoms with Gasteiger partial charge in [-0.15, -0.1) is 0 Å². The van der Waals surface area contributed by atoms with Gasteiger partial charge in [0, 0.05) is 24.2 Å². The first kappa shape index (κ1) is 18.6. The van der Waals surface area contributed by atoms with E-state index in [1.807, 2.05) is 12.1 Å². The number of carboxylic acid groups (broad SMARTS) is 1. The van der Waals surface area contributed by atoms with Crippen LogP contribution in [0.2, 0.25) is 5.02 Å². The third-order valence-corrected chi connectivity index (χ3v) is 6.59. The molecule has 1 aliphatic carbocycles. The fourth-order valence-electron chi connectivity index (χ4n) is 4.73. The average Bonchev–Trinajstić information content (AvgIpc) is 2.88. The average molecular weight is 390 g/mol. The van der Waals surface area contributed by atoms with Crippen LogP contribution in [0.15, 0.2) is 29.8 Å². The Labute approximate surface area is 165 Å². The van der Waals surface area contributed by atoms with Gasteiger partial charge < -0.3 is 15.0 Å². The molecule has 1 aromatic carbocycles. The molecule has 1 unspecified atom stereocenters. The number of rotatable bonds is 2. The first-order valence-electron chi connectivity index (χ1n) is 10.0. The maximum Gasteiger partial charge on any atom is 0.407 e. The monoisotopic (exact) mass is 389 g/mol. The van der Waals surface area contributed by atoms with Gasteiger partial charge in [0.2, 0.25) is 0 Å². The van der Waals surface area contributed by atoms with Gasteiger partial charge in [-0.1, -0.05) is 30.7 Å². The van der Waals surface area contributed by atoms with E-state index in [1.54, 1.807) is 4.90 Å². The third kappa shape index (κ3) is 3.81. The standard InChI is InChI=1S/C21H28ClN3O2/c1-14-2-8-17(9-3-14)25-20(15-4-6-16(22)7-5-15)18-10-12-24(21(26)27)13-11-19(18)23-25/h4-7,14,17,19,23H,2-3,8-13H2,1H3,(H,26,27). The van der Waals surface area contributed by atoms with Crippen LogP contribution in [0, 0.1) is 5.92 Å². The number of hydrogen-bond acceptors (Lipinski definition) is 3. The van der Waals surface area contributed by atoms with Crippen molar-refractivity contribution in [1.82, 2.24) is 15.3 Å². The lowest BCUT2D eigenvalue weighted by Crippen LogP contribution is -2.46. The summed E-state index contributed by atoms with van der Waals surface area (Å²) in [4.78, 5) is 13.0. The number of carbonyl (C=O) groups is 1. The van der Waals surface area contributed by atoms with Crippen molar-refractivity contribution in [1.29, 1.82) is 0 Å². The number of likely N-dealkylation sites (tertiary alicyclic amines) is 1. The van der Waals surface area contributed by atoms with Gasteiger partial charge in [-0.3, -0.25) is 0 Å². The molecule has 146 valence electrons. The number of hydrogen-bond donors (Lipinski definition) is 2. The Morgan fingerprint density at radius 3 is 2.48 bits per heavy atom. The summed E-state index contributed by atoms with van der Waals surface area (Å²) in [5, 5.41) is 12.5. The Kier molecular flexibility index (Phi) is 5.33. The summed E-state index contributed by atoms with van der Waals surface area (Å²) in [6.07, 6.45) is 5.72. The van der Waals surface area contributed by atoms with Crippen LogP contribution < -0.4 is 5.43 Å². The van der Waals surface area contributed by atoms with Crippen LogP contribution in [-0.2, 0) is 0 Å². The zero-order valence-electron chi connectivity index (χ0n) is 15.8. The highest BCUT2D eigenvalue weighted by atomic mass is 35.5. The van der Waals surface area contributed by atoms with E-state index in [1.165, 1.54) is 42.5 Å². The van der Waals surface area contributed by atoms with Gasteiger partial charge >= 0.3 is 6.09 Å². The van der Waals surface area contributed by atoms with E-state index < -0.39 is 6.09 Å². The molecule has 2 heterocycles. The molecule has 2 aliphatic heterocycles. The minimum absolute atomic E-state index is 0.222. The number of halogens is 1. The first-order valence-corrected chi connectivity index (χ1v) is 10.4. The third-order valence-electron chi connectivity index (χ3n) is 6.34. The number of hydrazine groups is 1. The van der Waals surface area contributed by atoms with E-state index in [-0.39, 0.29) is 6.04 Å². The van der Waals surface area contributed by atoms with E-state index in [0.717, 1.165) is 23.8 Å². The molecule has 2 fully saturated rings. The predicted octanol–water partition coefficient (Wildman–Crippen LogP) is 4.59. The smallest absolute Gasteiger partial charge is 0.407 e. The van der Waals surface area contributed by atoms with Gasteiger partial charge in [0.05, 0.1) is 11.7 Å². The van der Waals surface area contributed by atoms with Gasteiger partial charge in [-0.25, -0.2) is 10.2 Å². The van der Waals surface area contributed by atoms with Crippen LogP contribution in [0.5, 0.6) is 0 Å². The molecule has 27 heavy (non-hydrogen) atoms. The van der Waals surface area contributed by atoms with Crippen molar-refractivity contribution < 1.29 is 9.90 Å². The molecule has 0 bridgehead atoms. The second kappa shape index (κ2) is 7.72. The van der Waals surface area contributed by atoms with Crippen molar-refractivity contribution in [3.63, 3.8) is 0 Å². The van der Waals surface area contributed by atoms with Gasteiger partial charge in [-0.05, 0) is 67.7 Å². The predicted molar refractivity (Wildman–Crippen MR) is 107 cm³/mol. The zero-order chi connectivity index (χ0) is 19.0. The Balaban J connectivity index is 1.67. The number of benzene rings is 1. The van der Waals surface area contributed by atoms with Crippen molar-refractivity contribution in [2.24, 2.45) is 5.92 Å². The highest BCUT2D eigenvalue weighted by Gasteiger charge is 2.38.